The number of amides is 1. The van der Waals surface area contributed by atoms with Crippen LogP contribution in [0.25, 0.3) is 0 Å². The van der Waals surface area contributed by atoms with Crippen molar-refractivity contribution < 1.29 is 9.90 Å². The number of carbonyl (C=O) groups is 1. The number of nitrogens with zero attached hydrogens (tertiary/aromatic N) is 1. The molecule has 1 fully saturated rings. The Kier molecular flexibility index (Phi) is 4.18. The van der Waals surface area contributed by atoms with Gasteiger partial charge < -0.3 is 10.0 Å². The third-order valence-corrected chi connectivity index (χ3v) is 4.38. The minimum absolute atomic E-state index is 0.0507. The number of aliphatic hydroxyl groups is 1. The molecule has 0 aromatic carbocycles. The Bertz CT molecular complexity index is 385. The fourth-order valence-electron chi connectivity index (χ4n) is 2.19. The van der Waals surface area contributed by atoms with Crippen molar-refractivity contribution >= 4 is 17.2 Å². The first-order valence-corrected chi connectivity index (χ1v) is 7.14. The molecule has 1 saturated carbocycles. The van der Waals surface area contributed by atoms with Gasteiger partial charge in [-0.05, 0) is 42.7 Å². The summed E-state index contributed by atoms with van der Waals surface area (Å²) in [6.45, 7) is 2.58. The van der Waals surface area contributed by atoms with Crippen LogP contribution in [0.2, 0.25) is 0 Å². The molecular formula is C13H19NO2S. The Morgan fingerprint density at radius 3 is 2.88 bits per heavy atom. The average Bonchev–Trinajstić information content (AvgIpc) is 2.73. The van der Waals surface area contributed by atoms with Crippen LogP contribution in [-0.4, -0.2) is 35.1 Å². The van der Waals surface area contributed by atoms with E-state index in [9.17, 15) is 4.79 Å². The lowest BCUT2D eigenvalue weighted by Gasteiger charge is -2.37. The molecule has 4 heteroatoms. The summed E-state index contributed by atoms with van der Waals surface area (Å²) in [5, 5.41) is 11.1. The van der Waals surface area contributed by atoms with Crippen LogP contribution in [0.15, 0.2) is 11.4 Å². The normalized spacial score (nSPS) is 15.6. The highest BCUT2D eigenvalue weighted by molar-refractivity contribution is 7.12. The highest BCUT2D eigenvalue weighted by atomic mass is 32.1. The second-order valence-electron chi connectivity index (χ2n) is 4.44. The molecule has 0 aliphatic heterocycles. The van der Waals surface area contributed by atoms with Crippen LogP contribution in [0.3, 0.4) is 0 Å². The van der Waals surface area contributed by atoms with Gasteiger partial charge in [0.1, 0.15) is 0 Å². The Morgan fingerprint density at radius 2 is 2.35 bits per heavy atom. The summed E-state index contributed by atoms with van der Waals surface area (Å²) in [7, 11) is 0. The van der Waals surface area contributed by atoms with E-state index in [1.807, 2.05) is 16.3 Å². The van der Waals surface area contributed by atoms with E-state index in [-0.39, 0.29) is 12.5 Å². The second kappa shape index (κ2) is 5.65. The van der Waals surface area contributed by atoms with E-state index in [2.05, 4.69) is 6.92 Å². The van der Waals surface area contributed by atoms with E-state index in [0.29, 0.717) is 12.6 Å². The molecular weight excluding hydrogens is 234 g/mol. The van der Waals surface area contributed by atoms with Crippen LogP contribution in [0.4, 0.5) is 0 Å². The number of hydrogen-bond acceptors (Lipinski definition) is 3. The Balaban J connectivity index is 2.15. The zero-order chi connectivity index (χ0) is 12.3. The quantitative estimate of drug-likeness (QED) is 0.874. The largest absolute Gasteiger partial charge is 0.395 e. The van der Waals surface area contributed by atoms with Crippen LogP contribution in [-0.2, 0) is 6.42 Å². The summed E-state index contributed by atoms with van der Waals surface area (Å²) >= 11 is 1.52. The summed E-state index contributed by atoms with van der Waals surface area (Å²) in [5.74, 6) is 0.107. The van der Waals surface area contributed by atoms with Gasteiger partial charge >= 0.3 is 0 Å². The smallest absolute Gasteiger partial charge is 0.264 e. The molecule has 0 atom stereocenters. The molecule has 17 heavy (non-hydrogen) atoms. The minimum Gasteiger partial charge on any atom is -0.395 e. The van der Waals surface area contributed by atoms with Gasteiger partial charge in [0, 0.05) is 12.6 Å². The van der Waals surface area contributed by atoms with E-state index >= 15 is 0 Å². The van der Waals surface area contributed by atoms with Crippen molar-refractivity contribution in [1.82, 2.24) is 4.90 Å². The molecule has 1 heterocycles. The van der Waals surface area contributed by atoms with E-state index < -0.39 is 0 Å². The lowest BCUT2D eigenvalue weighted by Crippen LogP contribution is -2.45. The summed E-state index contributed by atoms with van der Waals surface area (Å²) in [4.78, 5) is 15.1. The Hall–Kier alpha value is -0.870. The summed E-state index contributed by atoms with van der Waals surface area (Å²) in [6, 6.07) is 2.37. The fraction of sp³-hybridized carbons (Fsp3) is 0.615. The Morgan fingerprint density at radius 1 is 1.59 bits per heavy atom. The van der Waals surface area contributed by atoms with Gasteiger partial charge in [0.25, 0.3) is 5.91 Å². The second-order valence-corrected chi connectivity index (χ2v) is 5.35. The summed E-state index contributed by atoms with van der Waals surface area (Å²) in [5.41, 5.74) is 1.13. The monoisotopic (exact) mass is 253 g/mol. The maximum absolute atomic E-state index is 12.4. The van der Waals surface area contributed by atoms with Gasteiger partial charge in [-0.1, -0.05) is 6.92 Å². The van der Waals surface area contributed by atoms with Crippen molar-refractivity contribution in [3.8, 4) is 0 Å². The predicted octanol–water partition coefficient (Wildman–Crippen LogP) is 2.30. The lowest BCUT2D eigenvalue weighted by molar-refractivity contribution is 0.0530. The molecule has 1 N–H and O–H groups in total. The van der Waals surface area contributed by atoms with Gasteiger partial charge in [0.05, 0.1) is 11.5 Å². The molecule has 3 nitrogen and oxygen atoms in total. The van der Waals surface area contributed by atoms with Crippen LogP contribution in [0, 0.1) is 0 Å². The van der Waals surface area contributed by atoms with Gasteiger partial charge in [0.2, 0.25) is 0 Å². The van der Waals surface area contributed by atoms with Crippen molar-refractivity contribution in [3.63, 3.8) is 0 Å². The van der Waals surface area contributed by atoms with Crippen molar-refractivity contribution in [3.05, 3.63) is 21.9 Å². The minimum atomic E-state index is 0.0507. The molecule has 0 radical (unpaired) electrons. The first-order valence-electron chi connectivity index (χ1n) is 6.26. The maximum atomic E-state index is 12.4. The third-order valence-electron chi connectivity index (χ3n) is 3.44. The SMILES string of the molecule is CCc1ccsc1C(=O)N(CCO)C1CCC1. The first-order chi connectivity index (χ1) is 8.27. The highest BCUT2D eigenvalue weighted by Crippen LogP contribution is 2.28. The van der Waals surface area contributed by atoms with Crippen molar-refractivity contribution in [2.45, 2.75) is 38.6 Å². The van der Waals surface area contributed by atoms with Crippen LogP contribution >= 0.6 is 11.3 Å². The van der Waals surface area contributed by atoms with Gasteiger partial charge in [0.15, 0.2) is 0 Å². The molecule has 0 unspecified atom stereocenters. The van der Waals surface area contributed by atoms with Gasteiger partial charge in [-0.3, -0.25) is 4.79 Å². The van der Waals surface area contributed by atoms with Crippen molar-refractivity contribution in [1.29, 1.82) is 0 Å². The topological polar surface area (TPSA) is 40.5 Å². The fourth-order valence-corrected chi connectivity index (χ4v) is 3.14. The number of rotatable bonds is 5. The summed E-state index contributed by atoms with van der Waals surface area (Å²) < 4.78 is 0. The molecule has 0 spiro atoms. The molecule has 1 aliphatic carbocycles. The molecule has 94 valence electrons. The van der Waals surface area contributed by atoms with Gasteiger partial charge in [-0.25, -0.2) is 0 Å². The van der Waals surface area contributed by atoms with Gasteiger partial charge in [-0.15, -0.1) is 11.3 Å². The number of aryl methyl sites for hydroxylation is 1. The third kappa shape index (κ3) is 2.53. The highest BCUT2D eigenvalue weighted by Gasteiger charge is 2.30. The molecule has 1 aliphatic rings. The van der Waals surface area contributed by atoms with Gasteiger partial charge in [-0.2, -0.15) is 0 Å². The molecule has 2 rings (SSSR count). The molecule has 0 saturated heterocycles. The van der Waals surface area contributed by atoms with E-state index in [1.54, 1.807) is 0 Å². The maximum Gasteiger partial charge on any atom is 0.264 e. The van der Waals surface area contributed by atoms with E-state index in [1.165, 1.54) is 17.8 Å². The molecule has 1 aromatic rings. The number of thiophene rings is 1. The Labute approximate surface area is 106 Å². The standard InChI is InChI=1S/C13H19NO2S/c1-2-10-6-9-17-12(10)13(16)14(7-8-15)11-4-3-5-11/h6,9,11,15H,2-5,7-8H2,1H3. The number of carbonyl (C=O) groups excluding carboxylic acids is 1. The van der Waals surface area contributed by atoms with Crippen LogP contribution in [0.5, 0.6) is 0 Å². The predicted molar refractivity (Wildman–Crippen MR) is 69.5 cm³/mol. The zero-order valence-electron chi connectivity index (χ0n) is 10.2. The molecule has 1 aromatic heterocycles. The summed E-state index contributed by atoms with van der Waals surface area (Å²) in [6.07, 6.45) is 4.25. The lowest BCUT2D eigenvalue weighted by atomic mass is 9.91. The molecule has 0 bridgehead atoms. The van der Waals surface area contributed by atoms with E-state index in [4.69, 9.17) is 5.11 Å². The van der Waals surface area contributed by atoms with Crippen molar-refractivity contribution in [2.24, 2.45) is 0 Å². The van der Waals surface area contributed by atoms with Crippen LogP contribution < -0.4 is 0 Å². The number of hydrogen-bond donors (Lipinski definition) is 1. The molecule has 1 amide bonds. The van der Waals surface area contributed by atoms with E-state index in [0.717, 1.165) is 29.7 Å². The van der Waals surface area contributed by atoms with Crippen LogP contribution in [0.1, 0.15) is 41.4 Å². The number of aliphatic hydroxyl groups excluding tert-OH is 1. The first kappa shape index (κ1) is 12.6. The van der Waals surface area contributed by atoms with Crippen molar-refractivity contribution in [2.75, 3.05) is 13.2 Å². The zero-order valence-corrected chi connectivity index (χ0v) is 11.0. The average molecular weight is 253 g/mol.